The molecule has 2 aromatic heterocycles. The van der Waals surface area contributed by atoms with Gasteiger partial charge < -0.3 is 25.0 Å². The van der Waals surface area contributed by atoms with Crippen molar-refractivity contribution >= 4 is 28.7 Å². The van der Waals surface area contributed by atoms with Crippen molar-refractivity contribution in [2.75, 3.05) is 54.9 Å². The van der Waals surface area contributed by atoms with Gasteiger partial charge in [0.2, 0.25) is 11.4 Å². The lowest BCUT2D eigenvalue weighted by molar-refractivity contribution is 0.101. The van der Waals surface area contributed by atoms with Gasteiger partial charge in [-0.25, -0.2) is 23.1 Å². The van der Waals surface area contributed by atoms with Crippen molar-refractivity contribution < 1.29 is 18.0 Å². The number of hydrogen-bond acceptors (Lipinski definition) is 8. The van der Waals surface area contributed by atoms with Crippen LogP contribution in [0, 0.1) is 17.1 Å². The molecule has 10 nitrogen and oxygen atoms in total. The largest absolute Gasteiger partial charge is 0.367 e. The topological polar surface area (TPSA) is 121 Å². The number of nitrogens with zero attached hydrogens (tertiary/aromatic N) is 6. The maximum absolute atomic E-state index is 15.7. The average molecular weight is 579 g/mol. The van der Waals surface area contributed by atoms with E-state index in [-0.39, 0.29) is 28.7 Å². The van der Waals surface area contributed by atoms with Gasteiger partial charge in [-0.3, -0.25) is 9.59 Å². The zero-order chi connectivity index (χ0) is 30.0. The number of amides is 1. The highest BCUT2D eigenvalue weighted by molar-refractivity contribution is 6.07. The summed E-state index contributed by atoms with van der Waals surface area (Å²) in [6, 6.07) is 7.39. The van der Waals surface area contributed by atoms with E-state index in [0.29, 0.717) is 62.3 Å². The summed E-state index contributed by atoms with van der Waals surface area (Å²) in [5, 5.41) is 11.8. The molecule has 4 heterocycles. The van der Waals surface area contributed by atoms with E-state index in [9.17, 15) is 18.4 Å². The van der Waals surface area contributed by atoms with Crippen LogP contribution in [0.25, 0.3) is 5.57 Å². The van der Waals surface area contributed by atoms with E-state index in [1.54, 1.807) is 12.1 Å². The summed E-state index contributed by atoms with van der Waals surface area (Å²) in [7, 11) is 2.00. The Morgan fingerprint density at radius 1 is 1.21 bits per heavy atom. The van der Waals surface area contributed by atoms with E-state index in [2.05, 4.69) is 25.2 Å². The van der Waals surface area contributed by atoms with Crippen LogP contribution in [0.3, 0.4) is 0 Å². The smallest absolute Gasteiger partial charge is 0.264 e. The molecular weight excluding hydrogens is 549 g/mol. The number of likely N-dealkylation sites (N-methyl/N-ethyl adjacent to an activating group) is 1. The number of piperazine rings is 1. The number of nitrogens with one attached hydrogen (secondary N) is 2. The number of anilines is 3. The van der Waals surface area contributed by atoms with E-state index in [1.165, 1.54) is 12.3 Å². The summed E-state index contributed by atoms with van der Waals surface area (Å²) in [6.45, 7) is 4.81. The van der Waals surface area contributed by atoms with Gasteiger partial charge in [0, 0.05) is 68.4 Å². The van der Waals surface area contributed by atoms with Crippen molar-refractivity contribution in [3.05, 3.63) is 81.4 Å². The quantitative estimate of drug-likeness (QED) is 0.453. The number of aromatic nitrogens is 3. The standard InChI is InChI=1S/C29H29F3N8O2/c1-17-16-40(10-9-38(17)2)24-13-22(30)19(18-4-7-39(8-5-18)26-3-6-34-25(14-33)37-26)11-23(24)36-29(42)21-15-35-27(41)12-20(21)28(31)32/h3-4,6,11-13,15,17,28H,5,7-10,16H2,1-2H3,(H,35,41)(H,36,42)/t17-/m0/s1. The SMILES string of the molecule is C[C@H]1CN(c2cc(F)c(C3=CCN(c4ccnc(C#N)n4)CC3)cc2NC(=O)c2c[nH]c(=O)cc2C(F)F)CCN1C. The van der Waals surface area contributed by atoms with Gasteiger partial charge in [-0.05, 0) is 44.2 Å². The summed E-state index contributed by atoms with van der Waals surface area (Å²) in [5.41, 5.74) is -0.0960. The van der Waals surface area contributed by atoms with Gasteiger partial charge >= 0.3 is 0 Å². The summed E-state index contributed by atoms with van der Waals surface area (Å²) in [5.74, 6) is -0.677. The van der Waals surface area contributed by atoms with E-state index in [0.717, 1.165) is 6.20 Å². The van der Waals surface area contributed by atoms with Gasteiger partial charge in [-0.1, -0.05) is 6.08 Å². The highest BCUT2D eigenvalue weighted by Crippen LogP contribution is 2.36. The number of carbonyl (C=O) groups is 1. The first kappa shape index (κ1) is 28.8. The maximum Gasteiger partial charge on any atom is 0.264 e. The number of hydrogen-bond donors (Lipinski definition) is 2. The van der Waals surface area contributed by atoms with Crippen LogP contribution in [-0.4, -0.2) is 71.6 Å². The fourth-order valence-corrected chi connectivity index (χ4v) is 5.19. The Labute approximate surface area is 240 Å². The van der Waals surface area contributed by atoms with Crippen LogP contribution in [0.5, 0.6) is 0 Å². The summed E-state index contributed by atoms with van der Waals surface area (Å²) in [6.07, 6.45) is 1.75. The highest BCUT2D eigenvalue weighted by atomic mass is 19.3. The molecule has 5 rings (SSSR count). The first-order chi connectivity index (χ1) is 20.1. The van der Waals surface area contributed by atoms with Crippen LogP contribution < -0.4 is 20.7 Å². The Hall–Kier alpha value is -4.70. The van der Waals surface area contributed by atoms with Crippen LogP contribution >= 0.6 is 0 Å². The normalized spacial score (nSPS) is 17.6. The van der Waals surface area contributed by atoms with E-state index >= 15 is 4.39 Å². The molecule has 42 heavy (non-hydrogen) atoms. The summed E-state index contributed by atoms with van der Waals surface area (Å²) >= 11 is 0. The number of aromatic amines is 1. The van der Waals surface area contributed by atoms with E-state index in [4.69, 9.17) is 5.26 Å². The number of rotatable bonds is 6. The second-order valence-corrected chi connectivity index (χ2v) is 10.3. The van der Waals surface area contributed by atoms with E-state index < -0.39 is 29.3 Å². The monoisotopic (exact) mass is 578 g/mol. The molecule has 13 heteroatoms. The van der Waals surface area contributed by atoms with Crippen LogP contribution in [0.4, 0.5) is 30.4 Å². The first-order valence-corrected chi connectivity index (χ1v) is 13.4. The average Bonchev–Trinajstić information content (AvgIpc) is 2.99. The third-order valence-electron chi connectivity index (χ3n) is 7.69. The predicted octanol–water partition coefficient (Wildman–Crippen LogP) is 3.80. The fraction of sp³-hybridized carbons (Fsp3) is 0.345. The van der Waals surface area contributed by atoms with Crippen LogP contribution in [-0.2, 0) is 0 Å². The Kier molecular flexibility index (Phi) is 8.26. The number of nitriles is 1. The van der Waals surface area contributed by atoms with Gasteiger partial charge in [0.25, 0.3) is 12.3 Å². The van der Waals surface area contributed by atoms with Crippen LogP contribution in [0.15, 0.2) is 47.5 Å². The molecule has 0 spiro atoms. The first-order valence-electron chi connectivity index (χ1n) is 13.4. The van der Waals surface area contributed by atoms with E-state index in [1.807, 2.05) is 35.9 Å². The molecule has 0 saturated carbocycles. The number of H-pyrrole nitrogens is 1. The molecule has 1 fully saturated rings. The van der Waals surface area contributed by atoms with Gasteiger partial charge in [-0.15, -0.1) is 0 Å². The molecule has 2 aliphatic heterocycles. The van der Waals surface area contributed by atoms with Crippen LogP contribution in [0.1, 0.15) is 47.1 Å². The highest BCUT2D eigenvalue weighted by Gasteiger charge is 2.27. The second kappa shape index (κ2) is 12.0. The summed E-state index contributed by atoms with van der Waals surface area (Å²) in [4.78, 5) is 41.4. The number of pyridine rings is 1. The number of halogens is 3. The number of alkyl halides is 2. The van der Waals surface area contributed by atoms with Gasteiger partial charge in [0.15, 0.2) is 0 Å². The van der Waals surface area contributed by atoms with Crippen molar-refractivity contribution in [1.29, 1.82) is 5.26 Å². The molecule has 2 N–H and O–H groups in total. The lowest BCUT2D eigenvalue weighted by Gasteiger charge is -2.40. The number of benzene rings is 1. The molecule has 2 aliphatic rings. The zero-order valence-electron chi connectivity index (χ0n) is 23.1. The molecule has 1 atom stereocenters. The molecule has 0 radical (unpaired) electrons. The van der Waals surface area contributed by atoms with Crippen LogP contribution in [0.2, 0.25) is 0 Å². The molecule has 1 amide bonds. The minimum atomic E-state index is -3.04. The zero-order valence-corrected chi connectivity index (χ0v) is 23.1. The Balaban J connectivity index is 1.49. The van der Waals surface area contributed by atoms with Crippen molar-refractivity contribution in [3.8, 4) is 6.07 Å². The molecule has 1 saturated heterocycles. The molecule has 218 valence electrons. The molecular formula is C29H29F3N8O2. The maximum atomic E-state index is 15.7. The second-order valence-electron chi connectivity index (χ2n) is 10.3. The molecule has 0 aliphatic carbocycles. The lowest BCUT2D eigenvalue weighted by Crippen LogP contribution is -2.50. The third-order valence-corrected chi connectivity index (χ3v) is 7.69. The lowest BCUT2D eigenvalue weighted by atomic mass is 9.97. The molecule has 3 aromatic rings. The molecule has 0 unspecified atom stereocenters. The van der Waals surface area contributed by atoms with Gasteiger partial charge in [0.1, 0.15) is 17.7 Å². The number of carbonyl (C=O) groups excluding carboxylic acids is 1. The predicted molar refractivity (Wildman–Crippen MR) is 152 cm³/mol. The van der Waals surface area contributed by atoms with Crippen molar-refractivity contribution in [1.82, 2.24) is 19.9 Å². The molecule has 1 aromatic carbocycles. The van der Waals surface area contributed by atoms with Gasteiger partial charge in [-0.2, -0.15) is 5.26 Å². The van der Waals surface area contributed by atoms with Crippen molar-refractivity contribution in [2.45, 2.75) is 25.8 Å². The summed E-state index contributed by atoms with van der Waals surface area (Å²) < 4.78 is 43.1. The minimum Gasteiger partial charge on any atom is -0.367 e. The Bertz CT molecular complexity index is 1630. The van der Waals surface area contributed by atoms with Gasteiger partial charge in [0.05, 0.1) is 16.9 Å². The van der Waals surface area contributed by atoms with Crippen molar-refractivity contribution in [2.24, 2.45) is 0 Å². The Morgan fingerprint density at radius 3 is 2.71 bits per heavy atom. The molecule has 0 bridgehead atoms. The Morgan fingerprint density at radius 2 is 2.02 bits per heavy atom. The third kappa shape index (κ3) is 5.99. The fourth-order valence-electron chi connectivity index (χ4n) is 5.19. The minimum absolute atomic E-state index is 0.0556. The van der Waals surface area contributed by atoms with Crippen molar-refractivity contribution in [3.63, 3.8) is 0 Å².